The topological polar surface area (TPSA) is 63.7 Å². The Morgan fingerprint density at radius 1 is 0.694 bits per heavy atom. The zero-order valence-electron chi connectivity index (χ0n) is 19.9. The lowest BCUT2D eigenvalue weighted by Crippen LogP contribution is -2.41. The highest BCUT2D eigenvalue weighted by atomic mass is 16.5. The summed E-state index contributed by atoms with van der Waals surface area (Å²) in [5.74, 6) is -1.92. The van der Waals surface area contributed by atoms with Crippen molar-refractivity contribution in [2.45, 2.75) is 50.0 Å². The van der Waals surface area contributed by atoms with Crippen LogP contribution in [0.1, 0.15) is 76.6 Å². The Balaban J connectivity index is 1.25. The average Bonchev–Trinajstić information content (AvgIpc) is 3.19. The Morgan fingerprint density at radius 3 is 1.75 bits per heavy atom. The Hall–Kier alpha value is -3.73. The van der Waals surface area contributed by atoms with E-state index in [0.29, 0.717) is 11.3 Å². The third-order valence-corrected chi connectivity index (χ3v) is 8.61. The molecule has 180 valence electrons. The van der Waals surface area contributed by atoms with Gasteiger partial charge in [-0.15, -0.1) is 0 Å². The number of esters is 1. The van der Waals surface area contributed by atoms with Crippen molar-refractivity contribution < 1.29 is 19.1 Å². The number of hydrogen-bond donors (Lipinski definition) is 0. The molecule has 5 heteroatoms. The molecule has 2 amide bonds. The quantitative estimate of drug-likeness (QED) is 0.365. The van der Waals surface area contributed by atoms with Crippen molar-refractivity contribution in [3.63, 3.8) is 0 Å². The number of ether oxygens (including phenoxy) is 1. The first-order valence-corrected chi connectivity index (χ1v) is 13.0. The predicted octanol–water partition coefficient (Wildman–Crippen LogP) is 5.57. The maximum absolute atomic E-state index is 13.9. The number of carbonyl (C=O) groups excluding carboxylic acids is 3. The molecule has 4 aliphatic carbocycles. The van der Waals surface area contributed by atoms with Crippen LogP contribution >= 0.6 is 0 Å². The van der Waals surface area contributed by atoms with E-state index >= 15 is 0 Å². The molecule has 0 N–H and O–H groups in total. The number of hydrogen-bond acceptors (Lipinski definition) is 4. The van der Waals surface area contributed by atoms with Crippen LogP contribution < -0.4 is 4.90 Å². The van der Waals surface area contributed by atoms with Gasteiger partial charge in [-0.2, -0.15) is 0 Å². The van der Waals surface area contributed by atoms with Gasteiger partial charge >= 0.3 is 5.97 Å². The molecule has 1 saturated heterocycles. The van der Waals surface area contributed by atoms with Gasteiger partial charge in [-0.1, -0.05) is 61.0 Å². The second-order valence-electron chi connectivity index (χ2n) is 10.5. The van der Waals surface area contributed by atoms with Crippen molar-refractivity contribution in [1.82, 2.24) is 0 Å². The monoisotopic (exact) mass is 477 g/mol. The van der Waals surface area contributed by atoms with Crippen LogP contribution in [0, 0.1) is 11.8 Å². The summed E-state index contributed by atoms with van der Waals surface area (Å²) in [6, 6.07) is 23.2. The van der Waals surface area contributed by atoms with Crippen LogP contribution in [0.3, 0.4) is 0 Å². The summed E-state index contributed by atoms with van der Waals surface area (Å²) >= 11 is 0. The van der Waals surface area contributed by atoms with Gasteiger partial charge in [0.1, 0.15) is 6.10 Å². The van der Waals surface area contributed by atoms with E-state index in [1.807, 2.05) is 24.3 Å². The van der Waals surface area contributed by atoms with Gasteiger partial charge in [0.05, 0.1) is 23.1 Å². The molecule has 2 atom stereocenters. The Labute approximate surface area is 210 Å². The van der Waals surface area contributed by atoms with E-state index in [9.17, 15) is 14.4 Å². The van der Waals surface area contributed by atoms with Crippen molar-refractivity contribution in [2.75, 3.05) is 4.90 Å². The van der Waals surface area contributed by atoms with Crippen LogP contribution in [0.2, 0.25) is 0 Å². The van der Waals surface area contributed by atoms with E-state index in [1.54, 1.807) is 24.3 Å². The third kappa shape index (κ3) is 3.05. The second-order valence-corrected chi connectivity index (χ2v) is 10.5. The zero-order chi connectivity index (χ0) is 24.4. The molecule has 2 bridgehead atoms. The van der Waals surface area contributed by atoms with Gasteiger partial charge < -0.3 is 4.74 Å². The minimum absolute atomic E-state index is 0.0551. The van der Waals surface area contributed by atoms with Crippen molar-refractivity contribution in [3.8, 4) is 0 Å². The molecule has 3 aromatic carbocycles. The summed E-state index contributed by atoms with van der Waals surface area (Å²) in [5, 5.41) is 0. The summed E-state index contributed by atoms with van der Waals surface area (Å²) < 4.78 is 5.74. The zero-order valence-corrected chi connectivity index (χ0v) is 19.9. The lowest BCUT2D eigenvalue weighted by Gasteiger charge is -2.45. The van der Waals surface area contributed by atoms with Crippen molar-refractivity contribution in [1.29, 1.82) is 0 Å². The van der Waals surface area contributed by atoms with E-state index in [-0.39, 0.29) is 35.7 Å². The largest absolute Gasteiger partial charge is 0.459 e. The van der Waals surface area contributed by atoms with E-state index in [0.717, 1.165) is 47.9 Å². The van der Waals surface area contributed by atoms with Crippen LogP contribution in [0.4, 0.5) is 5.69 Å². The predicted molar refractivity (Wildman–Crippen MR) is 135 cm³/mol. The number of imide groups is 1. The van der Waals surface area contributed by atoms with Gasteiger partial charge in [-0.3, -0.25) is 9.59 Å². The first-order chi connectivity index (χ1) is 17.6. The molecule has 3 aromatic rings. The number of rotatable bonds is 3. The van der Waals surface area contributed by atoms with Crippen LogP contribution in [-0.2, 0) is 14.3 Å². The molecule has 1 saturated carbocycles. The summed E-state index contributed by atoms with van der Waals surface area (Å²) in [7, 11) is 0. The molecule has 0 spiro atoms. The average molecular weight is 478 g/mol. The molecule has 2 fully saturated rings. The molecule has 0 unspecified atom stereocenters. The smallest absolute Gasteiger partial charge is 0.338 e. The first-order valence-electron chi connectivity index (χ1n) is 13.0. The Bertz CT molecular complexity index is 1290. The van der Waals surface area contributed by atoms with E-state index in [1.165, 1.54) is 11.3 Å². The van der Waals surface area contributed by atoms with Crippen molar-refractivity contribution in [3.05, 3.63) is 101 Å². The molecular weight excluding hydrogens is 450 g/mol. The van der Waals surface area contributed by atoms with Crippen molar-refractivity contribution >= 4 is 23.5 Å². The highest BCUT2D eigenvalue weighted by Gasteiger charge is 2.61. The SMILES string of the molecule is O=C(OC1CCCCC1)c1cccc(N2C(=O)[C@@H]3C4c5ccccc5C(c5ccccc54)[C@@H]3C2=O)c1. The van der Waals surface area contributed by atoms with Gasteiger partial charge in [0.25, 0.3) is 0 Å². The molecule has 1 heterocycles. The molecule has 1 aliphatic heterocycles. The van der Waals surface area contributed by atoms with Crippen LogP contribution in [0.25, 0.3) is 0 Å². The summed E-state index contributed by atoms with van der Waals surface area (Å²) in [5.41, 5.74) is 5.42. The lowest BCUT2D eigenvalue weighted by atomic mass is 9.55. The van der Waals surface area contributed by atoms with Gasteiger partial charge in [0.2, 0.25) is 11.8 Å². The normalized spacial score (nSPS) is 26.4. The highest BCUT2D eigenvalue weighted by Crippen LogP contribution is 2.61. The second kappa shape index (κ2) is 8.16. The molecule has 0 radical (unpaired) electrons. The minimum Gasteiger partial charge on any atom is -0.459 e. The van der Waals surface area contributed by atoms with Gasteiger partial charge in [0, 0.05) is 11.8 Å². The van der Waals surface area contributed by atoms with Crippen LogP contribution in [0.15, 0.2) is 72.8 Å². The number of carbonyl (C=O) groups is 3. The number of benzene rings is 3. The molecule has 5 aliphatic rings. The van der Waals surface area contributed by atoms with E-state index in [2.05, 4.69) is 24.3 Å². The maximum Gasteiger partial charge on any atom is 0.338 e. The fourth-order valence-electron chi connectivity index (χ4n) is 7.11. The molecule has 5 nitrogen and oxygen atoms in total. The highest BCUT2D eigenvalue weighted by molar-refractivity contribution is 6.23. The maximum atomic E-state index is 13.9. The van der Waals surface area contributed by atoms with Gasteiger partial charge in [-0.05, 0) is 66.1 Å². The summed E-state index contributed by atoms with van der Waals surface area (Å²) in [6.45, 7) is 0. The molecule has 0 aromatic heterocycles. The van der Waals surface area contributed by atoms with Crippen molar-refractivity contribution in [2.24, 2.45) is 11.8 Å². The Kier molecular flexibility index (Phi) is 4.88. The number of anilines is 1. The molecule has 8 rings (SSSR count). The first kappa shape index (κ1) is 21.5. The van der Waals surface area contributed by atoms with E-state index < -0.39 is 11.8 Å². The van der Waals surface area contributed by atoms with Gasteiger partial charge in [-0.25, -0.2) is 9.69 Å². The third-order valence-electron chi connectivity index (χ3n) is 8.61. The lowest BCUT2D eigenvalue weighted by molar-refractivity contribution is -0.122. The van der Waals surface area contributed by atoms with Crippen LogP contribution in [0.5, 0.6) is 0 Å². The summed E-state index contributed by atoms with van der Waals surface area (Å²) in [6.07, 6.45) is 5.06. The molecular formula is C31H27NO4. The fraction of sp³-hybridized carbons (Fsp3) is 0.323. The standard InChI is InChI=1S/C31H27NO4/c33-29-27-25-21-13-4-5-14-22(21)26(24-16-7-6-15-23(24)25)28(27)30(34)32(29)19-10-8-9-18(17-19)31(35)36-20-11-2-1-3-12-20/h4-10,13-17,20,25-28H,1-3,11-12H2/t25?,26?,27-,28+. The van der Waals surface area contributed by atoms with E-state index in [4.69, 9.17) is 4.74 Å². The van der Waals surface area contributed by atoms with Gasteiger partial charge in [0.15, 0.2) is 0 Å². The number of amides is 2. The molecule has 36 heavy (non-hydrogen) atoms. The van der Waals surface area contributed by atoms with Crippen LogP contribution in [-0.4, -0.2) is 23.9 Å². The fourth-order valence-corrected chi connectivity index (χ4v) is 7.11. The minimum atomic E-state index is -0.440. The summed E-state index contributed by atoms with van der Waals surface area (Å²) in [4.78, 5) is 42.1. The Morgan fingerprint density at radius 2 is 1.22 bits per heavy atom. The number of nitrogens with zero attached hydrogens (tertiary/aromatic N) is 1.